The first-order valence-corrected chi connectivity index (χ1v) is 13.9. The molecule has 0 aliphatic heterocycles. The van der Waals surface area contributed by atoms with Crippen molar-refractivity contribution >= 4 is 38.7 Å². The summed E-state index contributed by atoms with van der Waals surface area (Å²) in [6.45, 7) is 5.75. The van der Waals surface area contributed by atoms with E-state index < -0.39 is 5.60 Å². The van der Waals surface area contributed by atoms with Crippen molar-refractivity contribution in [3.05, 3.63) is 40.0 Å². The molecule has 0 radical (unpaired) electrons. The topological polar surface area (TPSA) is 68.3 Å². The number of pyridine rings is 1. The van der Waals surface area contributed by atoms with E-state index in [1.807, 2.05) is 39.1 Å². The number of ether oxygens (including phenoxy) is 1. The molecule has 0 saturated heterocycles. The monoisotopic (exact) mass is 538 g/mol. The van der Waals surface area contributed by atoms with Crippen molar-refractivity contribution in [2.45, 2.75) is 89.7 Å². The van der Waals surface area contributed by atoms with Crippen LogP contribution in [0.1, 0.15) is 88.1 Å². The lowest BCUT2D eigenvalue weighted by molar-refractivity contribution is -0.0816. The number of hydrogen-bond donors (Lipinski definition) is 1. The number of amides is 1. The van der Waals surface area contributed by atoms with Gasteiger partial charge in [0.15, 0.2) is 5.78 Å². The summed E-state index contributed by atoms with van der Waals surface area (Å²) in [6.07, 6.45) is 11.1. The number of halogens is 1. The van der Waals surface area contributed by atoms with E-state index in [9.17, 15) is 9.59 Å². The molecule has 2 aromatic rings. The third kappa shape index (κ3) is 4.52. The van der Waals surface area contributed by atoms with Gasteiger partial charge in [-0.2, -0.15) is 0 Å². The van der Waals surface area contributed by atoms with Gasteiger partial charge >= 0.3 is 6.09 Å². The molecule has 2 unspecified atom stereocenters. The average Bonchev–Trinajstić information content (AvgIpc) is 3.56. The van der Waals surface area contributed by atoms with Crippen LogP contribution >= 0.6 is 15.9 Å². The van der Waals surface area contributed by atoms with Crippen molar-refractivity contribution in [3.8, 4) is 0 Å². The van der Waals surface area contributed by atoms with E-state index in [2.05, 4.69) is 32.3 Å². The number of aromatic nitrogens is 1. The molecule has 0 spiro atoms. The molecule has 5 fully saturated rings. The van der Waals surface area contributed by atoms with Gasteiger partial charge in [0.2, 0.25) is 0 Å². The molecule has 2 atom stereocenters. The van der Waals surface area contributed by atoms with Gasteiger partial charge in [-0.25, -0.2) is 4.79 Å². The maximum Gasteiger partial charge on any atom is 0.408 e. The Morgan fingerprint density at radius 2 is 1.86 bits per heavy atom. The second-order valence-corrected chi connectivity index (χ2v) is 13.9. The molecule has 4 bridgehead atoms. The number of fused-ring (bicyclic) bond motifs is 1. The first kappa shape index (κ1) is 23.4. The number of ketones is 1. The molecule has 1 aromatic heterocycles. The van der Waals surface area contributed by atoms with Crippen LogP contribution in [0.5, 0.6) is 0 Å². The van der Waals surface area contributed by atoms with E-state index in [1.54, 1.807) is 0 Å². The van der Waals surface area contributed by atoms with Gasteiger partial charge in [0.05, 0.1) is 5.52 Å². The quantitative estimate of drug-likeness (QED) is 0.416. The maximum absolute atomic E-state index is 13.4. The van der Waals surface area contributed by atoms with E-state index in [1.165, 1.54) is 24.8 Å². The van der Waals surface area contributed by atoms with Gasteiger partial charge in [0, 0.05) is 33.1 Å². The number of carbonyl (C=O) groups is 2. The van der Waals surface area contributed by atoms with Gasteiger partial charge in [-0.3, -0.25) is 9.78 Å². The fourth-order valence-corrected chi connectivity index (χ4v) is 8.25. The normalized spacial score (nSPS) is 31.5. The zero-order valence-corrected chi connectivity index (χ0v) is 22.5. The summed E-state index contributed by atoms with van der Waals surface area (Å²) < 4.78 is 6.69. The second-order valence-electron chi connectivity index (χ2n) is 13.0. The molecule has 1 heterocycles. The van der Waals surface area contributed by atoms with Gasteiger partial charge < -0.3 is 10.1 Å². The van der Waals surface area contributed by atoms with Crippen molar-refractivity contribution in [1.29, 1.82) is 0 Å². The second kappa shape index (κ2) is 8.03. The average molecular weight is 540 g/mol. The predicted octanol–water partition coefficient (Wildman–Crippen LogP) is 7.00. The lowest BCUT2D eigenvalue weighted by Crippen LogP contribution is -2.64. The first-order chi connectivity index (χ1) is 16.5. The fourth-order valence-electron chi connectivity index (χ4n) is 7.89. The Hall–Kier alpha value is -1.95. The van der Waals surface area contributed by atoms with E-state index in [0.717, 1.165) is 59.5 Å². The molecule has 6 heteroatoms. The number of Topliss-reactive ketones (excluding diaryl/α,β-unsaturated/α-hetero) is 1. The van der Waals surface area contributed by atoms with Crippen molar-refractivity contribution in [2.24, 2.45) is 23.2 Å². The minimum Gasteiger partial charge on any atom is -0.444 e. The summed E-state index contributed by atoms with van der Waals surface area (Å²) in [6, 6.07) is 6.20. The van der Waals surface area contributed by atoms with Crippen molar-refractivity contribution in [3.63, 3.8) is 0 Å². The molecular formula is C29H35BrN2O3. The Balaban J connectivity index is 1.37. The van der Waals surface area contributed by atoms with Crippen LogP contribution in [0.3, 0.4) is 0 Å². The smallest absolute Gasteiger partial charge is 0.408 e. The van der Waals surface area contributed by atoms with Crippen molar-refractivity contribution in [1.82, 2.24) is 10.3 Å². The zero-order valence-electron chi connectivity index (χ0n) is 21.0. The summed E-state index contributed by atoms with van der Waals surface area (Å²) in [5.74, 6) is 1.67. The Labute approximate surface area is 215 Å². The third-order valence-electron chi connectivity index (χ3n) is 8.66. The fraction of sp³-hybridized carbons (Fsp3) is 0.621. The van der Waals surface area contributed by atoms with Gasteiger partial charge in [0.1, 0.15) is 5.60 Å². The third-order valence-corrected chi connectivity index (χ3v) is 9.15. The van der Waals surface area contributed by atoms with Crippen LogP contribution in [0.15, 0.2) is 28.9 Å². The Morgan fingerprint density at radius 1 is 1.14 bits per heavy atom. The molecule has 1 aromatic carbocycles. The van der Waals surface area contributed by atoms with Crippen molar-refractivity contribution < 1.29 is 14.3 Å². The van der Waals surface area contributed by atoms with E-state index in [-0.39, 0.29) is 28.7 Å². The molecule has 5 nitrogen and oxygen atoms in total. The van der Waals surface area contributed by atoms with E-state index in [0.29, 0.717) is 11.8 Å². The number of rotatable bonds is 5. The maximum atomic E-state index is 13.4. The number of alkyl carbamates (subject to hydrolysis) is 1. The lowest BCUT2D eigenvalue weighted by atomic mass is 9.45. The summed E-state index contributed by atoms with van der Waals surface area (Å²) in [5.41, 5.74) is 2.32. The van der Waals surface area contributed by atoms with Crippen molar-refractivity contribution in [2.75, 3.05) is 0 Å². The predicted molar refractivity (Wildman–Crippen MR) is 139 cm³/mol. The van der Waals surface area contributed by atoms with Crippen LogP contribution in [0.25, 0.3) is 10.9 Å². The van der Waals surface area contributed by atoms with Gasteiger partial charge in [0.25, 0.3) is 0 Å². The zero-order chi connectivity index (χ0) is 24.6. The summed E-state index contributed by atoms with van der Waals surface area (Å²) in [5, 5.41) is 4.45. The Morgan fingerprint density at radius 3 is 2.51 bits per heavy atom. The number of carbonyl (C=O) groups excluding carboxylic acids is 2. The minimum absolute atomic E-state index is 0.0915. The van der Waals surface area contributed by atoms with Crippen LogP contribution in [-0.2, 0) is 11.2 Å². The molecule has 1 N–H and O–H groups in total. The summed E-state index contributed by atoms with van der Waals surface area (Å²) in [7, 11) is 0. The number of benzene rings is 1. The highest BCUT2D eigenvalue weighted by Gasteiger charge is 2.58. The minimum atomic E-state index is -0.508. The van der Waals surface area contributed by atoms with Crippen LogP contribution in [0.2, 0.25) is 0 Å². The lowest BCUT2D eigenvalue weighted by Gasteiger charge is -2.62. The highest BCUT2D eigenvalue weighted by atomic mass is 79.9. The standard InChI is InChI=1S/C29H35BrN2O3/c1-27(2,3)35-26(34)32-29-12-17-8-18(13-29)11-28(10-17,16-29)14-22-21-9-20(30)6-7-24(21)31-15-23(22)25(33)19-4-5-19/h6-7,9,15,17-19H,4-5,8,10-14,16H2,1-3H3,(H,32,34). The largest absolute Gasteiger partial charge is 0.444 e. The Kier molecular flexibility index (Phi) is 5.38. The molecular weight excluding hydrogens is 504 g/mol. The molecule has 186 valence electrons. The van der Waals surface area contributed by atoms with Crippen LogP contribution < -0.4 is 5.32 Å². The highest BCUT2D eigenvalue weighted by Crippen LogP contribution is 2.63. The van der Waals surface area contributed by atoms with E-state index in [4.69, 9.17) is 4.74 Å². The molecule has 1 amide bonds. The van der Waals surface area contributed by atoms with Gasteiger partial charge in [-0.15, -0.1) is 0 Å². The van der Waals surface area contributed by atoms with Gasteiger partial charge in [-0.1, -0.05) is 15.9 Å². The van der Waals surface area contributed by atoms with Crippen LogP contribution in [-0.4, -0.2) is 28.0 Å². The molecule has 7 rings (SSSR count). The van der Waals surface area contributed by atoms with Crippen LogP contribution in [0, 0.1) is 23.2 Å². The SMILES string of the molecule is CC(C)(C)OC(=O)NC12CC3CC(CC(Cc4c(C(=O)C5CC5)cnc5ccc(Br)cc45)(C3)C1)C2. The summed E-state index contributed by atoms with van der Waals surface area (Å²) >= 11 is 3.65. The Bertz CT molecular complexity index is 1200. The van der Waals surface area contributed by atoms with Gasteiger partial charge in [-0.05, 0) is 120 Å². The van der Waals surface area contributed by atoms with E-state index >= 15 is 0 Å². The molecule has 5 aliphatic rings. The molecule has 5 aliphatic carbocycles. The summed E-state index contributed by atoms with van der Waals surface area (Å²) in [4.78, 5) is 30.9. The molecule has 35 heavy (non-hydrogen) atoms. The number of hydrogen-bond acceptors (Lipinski definition) is 4. The number of nitrogens with one attached hydrogen (secondary N) is 1. The van der Waals surface area contributed by atoms with Crippen LogP contribution in [0.4, 0.5) is 4.79 Å². The highest BCUT2D eigenvalue weighted by molar-refractivity contribution is 9.10. The first-order valence-electron chi connectivity index (χ1n) is 13.1. The molecule has 5 saturated carbocycles. The number of nitrogens with zero attached hydrogens (tertiary/aromatic N) is 1.